The molecule has 0 aliphatic carbocycles. The zero-order valence-corrected chi connectivity index (χ0v) is 9.64. The monoisotopic (exact) mass is 231 g/mol. The maximum atomic E-state index is 11.9. The Morgan fingerprint density at radius 2 is 2.18 bits per heavy atom. The molecule has 0 aliphatic heterocycles. The first-order valence-electron chi connectivity index (χ1n) is 5.08. The molecule has 2 heterocycles. The summed E-state index contributed by atoms with van der Waals surface area (Å²) in [6.07, 6.45) is 4.69. The zero-order valence-electron chi connectivity index (χ0n) is 9.64. The molecule has 0 spiro atoms. The van der Waals surface area contributed by atoms with Crippen LogP contribution in [0, 0.1) is 6.92 Å². The number of hydrogen-bond donors (Lipinski definition) is 2. The van der Waals surface area contributed by atoms with Gasteiger partial charge in [-0.1, -0.05) is 0 Å². The van der Waals surface area contributed by atoms with Crippen LogP contribution in [0.15, 0.2) is 24.7 Å². The second-order valence-electron chi connectivity index (χ2n) is 3.78. The Hall–Kier alpha value is -2.37. The van der Waals surface area contributed by atoms with Crippen LogP contribution < -0.4 is 11.1 Å². The fourth-order valence-electron chi connectivity index (χ4n) is 1.47. The van der Waals surface area contributed by atoms with Gasteiger partial charge in [-0.3, -0.25) is 14.5 Å². The van der Waals surface area contributed by atoms with Crippen molar-refractivity contribution in [2.45, 2.75) is 6.92 Å². The van der Waals surface area contributed by atoms with Crippen LogP contribution in [-0.4, -0.2) is 20.7 Å². The lowest BCUT2D eigenvalue weighted by Gasteiger charge is -2.06. The third kappa shape index (κ3) is 2.25. The number of aromatic nitrogens is 3. The first kappa shape index (κ1) is 11.1. The Bertz CT molecular complexity index is 541. The molecule has 88 valence electrons. The van der Waals surface area contributed by atoms with Crippen molar-refractivity contribution >= 4 is 17.4 Å². The lowest BCUT2D eigenvalue weighted by atomic mass is 10.2. The van der Waals surface area contributed by atoms with E-state index in [9.17, 15) is 4.79 Å². The van der Waals surface area contributed by atoms with Crippen molar-refractivity contribution in [2.24, 2.45) is 7.05 Å². The molecule has 0 aromatic carbocycles. The lowest BCUT2D eigenvalue weighted by Crippen LogP contribution is -2.16. The molecule has 2 aromatic rings. The SMILES string of the molecule is Cc1cncc(C(=O)Nc2c(N)cnn2C)c1. The minimum atomic E-state index is -0.253. The second kappa shape index (κ2) is 4.25. The molecule has 6 heteroatoms. The summed E-state index contributed by atoms with van der Waals surface area (Å²) >= 11 is 0. The van der Waals surface area contributed by atoms with Gasteiger partial charge in [0.25, 0.3) is 5.91 Å². The van der Waals surface area contributed by atoms with Crippen molar-refractivity contribution < 1.29 is 4.79 Å². The number of rotatable bonds is 2. The molecule has 0 saturated carbocycles. The van der Waals surface area contributed by atoms with E-state index in [4.69, 9.17) is 5.73 Å². The molecule has 0 unspecified atom stereocenters. The molecule has 6 nitrogen and oxygen atoms in total. The number of carbonyl (C=O) groups excluding carboxylic acids is 1. The van der Waals surface area contributed by atoms with E-state index in [-0.39, 0.29) is 5.91 Å². The number of anilines is 2. The predicted molar refractivity (Wildman–Crippen MR) is 64.5 cm³/mol. The quantitative estimate of drug-likeness (QED) is 0.806. The predicted octanol–water partition coefficient (Wildman–Crippen LogP) is 0.958. The van der Waals surface area contributed by atoms with Gasteiger partial charge in [0, 0.05) is 19.4 Å². The first-order chi connectivity index (χ1) is 8.08. The van der Waals surface area contributed by atoms with E-state index in [2.05, 4.69) is 15.4 Å². The van der Waals surface area contributed by atoms with E-state index in [0.29, 0.717) is 17.1 Å². The number of nitrogens with one attached hydrogen (secondary N) is 1. The van der Waals surface area contributed by atoms with E-state index >= 15 is 0 Å². The van der Waals surface area contributed by atoms with Crippen LogP contribution in [0.1, 0.15) is 15.9 Å². The highest BCUT2D eigenvalue weighted by atomic mass is 16.1. The van der Waals surface area contributed by atoms with Crippen molar-refractivity contribution in [3.63, 3.8) is 0 Å². The number of carbonyl (C=O) groups is 1. The first-order valence-corrected chi connectivity index (χ1v) is 5.08. The standard InChI is InChI=1S/C11H13N5O/c1-7-3-8(5-13-4-7)11(17)15-10-9(12)6-14-16(10)2/h3-6H,12H2,1-2H3,(H,15,17). The van der Waals surface area contributed by atoms with E-state index in [1.54, 1.807) is 19.3 Å². The number of nitrogen functional groups attached to an aromatic ring is 1. The van der Waals surface area contributed by atoms with Gasteiger partial charge >= 0.3 is 0 Å². The van der Waals surface area contributed by atoms with Crippen molar-refractivity contribution in [1.82, 2.24) is 14.8 Å². The zero-order chi connectivity index (χ0) is 12.4. The number of nitrogens with two attached hydrogens (primary N) is 1. The average molecular weight is 231 g/mol. The second-order valence-corrected chi connectivity index (χ2v) is 3.78. The lowest BCUT2D eigenvalue weighted by molar-refractivity contribution is 0.102. The summed E-state index contributed by atoms with van der Waals surface area (Å²) in [4.78, 5) is 15.9. The van der Waals surface area contributed by atoms with Gasteiger partial charge in [-0.25, -0.2) is 0 Å². The maximum Gasteiger partial charge on any atom is 0.258 e. The van der Waals surface area contributed by atoms with E-state index in [1.807, 2.05) is 6.92 Å². The van der Waals surface area contributed by atoms with Gasteiger partial charge in [0.05, 0.1) is 17.4 Å². The number of amides is 1. The molecule has 0 bridgehead atoms. The normalized spacial score (nSPS) is 10.2. The van der Waals surface area contributed by atoms with Crippen LogP contribution in [-0.2, 0) is 7.05 Å². The summed E-state index contributed by atoms with van der Waals surface area (Å²) in [7, 11) is 1.71. The fourth-order valence-corrected chi connectivity index (χ4v) is 1.47. The maximum absolute atomic E-state index is 11.9. The molecule has 2 rings (SSSR count). The number of pyridine rings is 1. The number of nitrogens with zero attached hydrogens (tertiary/aromatic N) is 3. The topological polar surface area (TPSA) is 85.8 Å². The van der Waals surface area contributed by atoms with Gasteiger partial charge in [-0.05, 0) is 18.6 Å². The summed E-state index contributed by atoms with van der Waals surface area (Å²) in [5, 5.41) is 6.64. The summed E-state index contributed by atoms with van der Waals surface area (Å²) in [5.74, 6) is 0.230. The molecule has 3 N–H and O–H groups in total. The summed E-state index contributed by atoms with van der Waals surface area (Å²) in [6, 6.07) is 1.76. The Balaban J connectivity index is 2.23. The van der Waals surface area contributed by atoms with E-state index in [1.165, 1.54) is 17.1 Å². The molecule has 1 amide bonds. The highest BCUT2D eigenvalue weighted by Gasteiger charge is 2.11. The summed E-state index contributed by atoms with van der Waals surface area (Å²) in [5.41, 5.74) is 7.53. The van der Waals surface area contributed by atoms with Crippen molar-refractivity contribution in [3.05, 3.63) is 35.8 Å². The van der Waals surface area contributed by atoms with Gasteiger partial charge in [-0.15, -0.1) is 0 Å². The molecule has 0 atom stereocenters. The van der Waals surface area contributed by atoms with Crippen LogP contribution in [0.4, 0.5) is 11.5 Å². The van der Waals surface area contributed by atoms with Gasteiger partial charge in [-0.2, -0.15) is 5.10 Å². The van der Waals surface area contributed by atoms with Crippen LogP contribution in [0.2, 0.25) is 0 Å². The molecule has 0 aliphatic rings. The minimum Gasteiger partial charge on any atom is -0.394 e. The van der Waals surface area contributed by atoms with Crippen LogP contribution in [0.5, 0.6) is 0 Å². The van der Waals surface area contributed by atoms with Gasteiger partial charge in [0.1, 0.15) is 0 Å². The number of aryl methyl sites for hydroxylation is 2. The van der Waals surface area contributed by atoms with Crippen LogP contribution in [0.25, 0.3) is 0 Å². The summed E-state index contributed by atoms with van der Waals surface area (Å²) < 4.78 is 1.51. The Morgan fingerprint density at radius 3 is 2.76 bits per heavy atom. The molecular weight excluding hydrogens is 218 g/mol. The van der Waals surface area contributed by atoms with E-state index < -0.39 is 0 Å². The van der Waals surface area contributed by atoms with Crippen LogP contribution in [0.3, 0.4) is 0 Å². The van der Waals surface area contributed by atoms with Crippen molar-refractivity contribution in [3.8, 4) is 0 Å². The molecule has 0 radical (unpaired) electrons. The molecule has 0 fully saturated rings. The number of hydrogen-bond acceptors (Lipinski definition) is 4. The third-order valence-electron chi connectivity index (χ3n) is 2.34. The highest BCUT2D eigenvalue weighted by Crippen LogP contribution is 2.16. The van der Waals surface area contributed by atoms with Gasteiger partial charge in [0.15, 0.2) is 5.82 Å². The summed E-state index contributed by atoms with van der Waals surface area (Å²) in [6.45, 7) is 1.88. The third-order valence-corrected chi connectivity index (χ3v) is 2.34. The van der Waals surface area contributed by atoms with Crippen LogP contribution >= 0.6 is 0 Å². The van der Waals surface area contributed by atoms with Crippen molar-refractivity contribution in [2.75, 3.05) is 11.1 Å². The van der Waals surface area contributed by atoms with Gasteiger partial charge in [0.2, 0.25) is 0 Å². The Labute approximate surface area is 98.5 Å². The molecule has 17 heavy (non-hydrogen) atoms. The Kier molecular flexibility index (Phi) is 2.78. The Morgan fingerprint density at radius 1 is 1.41 bits per heavy atom. The molecular formula is C11H13N5O. The van der Waals surface area contributed by atoms with Gasteiger partial charge < -0.3 is 11.1 Å². The molecule has 2 aromatic heterocycles. The smallest absolute Gasteiger partial charge is 0.258 e. The largest absolute Gasteiger partial charge is 0.394 e. The highest BCUT2D eigenvalue weighted by molar-refractivity contribution is 6.04. The van der Waals surface area contributed by atoms with Crippen molar-refractivity contribution in [1.29, 1.82) is 0 Å². The van der Waals surface area contributed by atoms with E-state index in [0.717, 1.165) is 5.56 Å². The minimum absolute atomic E-state index is 0.253. The fraction of sp³-hybridized carbons (Fsp3) is 0.182. The average Bonchev–Trinajstić information content (AvgIpc) is 2.61. The molecule has 0 saturated heterocycles.